The van der Waals surface area contributed by atoms with Crippen LogP contribution in [0.15, 0.2) is 59.7 Å². The molecular formula is C29H30ClF3N6O. The van der Waals surface area contributed by atoms with E-state index in [1.165, 1.54) is 0 Å². The van der Waals surface area contributed by atoms with Crippen molar-refractivity contribution in [1.29, 1.82) is 0 Å². The van der Waals surface area contributed by atoms with Crippen LogP contribution in [0.5, 0.6) is 0 Å². The number of para-hydroxylation sites is 1. The zero-order chi connectivity index (χ0) is 28.3. The van der Waals surface area contributed by atoms with Gasteiger partial charge < -0.3 is 10.2 Å². The third kappa shape index (κ3) is 6.45. The van der Waals surface area contributed by atoms with Crippen LogP contribution in [0.1, 0.15) is 49.4 Å². The summed E-state index contributed by atoms with van der Waals surface area (Å²) in [5, 5.41) is 10.9. The van der Waals surface area contributed by atoms with E-state index in [0.29, 0.717) is 53.8 Å². The summed E-state index contributed by atoms with van der Waals surface area (Å²) in [5.74, 6) is 0.191. The van der Waals surface area contributed by atoms with E-state index in [2.05, 4.69) is 28.6 Å². The van der Waals surface area contributed by atoms with Crippen LogP contribution < -0.4 is 5.32 Å². The van der Waals surface area contributed by atoms with Crippen LogP contribution in [0.25, 0.3) is 11.3 Å². The van der Waals surface area contributed by atoms with Crippen LogP contribution in [-0.4, -0.2) is 51.1 Å². The third-order valence-corrected chi connectivity index (χ3v) is 7.57. The van der Waals surface area contributed by atoms with Gasteiger partial charge in [0.25, 0.3) is 0 Å². The molecule has 40 heavy (non-hydrogen) atoms. The number of amides is 1. The predicted octanol–water partition coefficient (Wildman–Crippen LogP) is 6.24. The summed E-state index contributed by atoms with van der Waals surface area (Å²) in [4.78, 5) is 20.1. The Hall–Kier alpha value is -3.50. The fourth-order valence-electron chi connectivity index (χ4n) is 5.19. The maximum Gasteiger partial charge on any atom is 0.436 e. The minimum Gasteiger partial charge on any atom is -0.335 e. The number of nitrogens with zero attached hydrogens (tertiary/aromatic N) is 5. The van der Waals surface area contributed by atoms with Crippen LogP contribution in [-0.2, 0) is 17.5 Å². The van der Waals surface area contributed by atoms with Crippen LogP contribution >= 0.6 is 11.6 Å². The fourth-order valence-corrected chi connectivity index (χ4v) is 5.36. The molecule has 0 saturated carbocycles. The highest BCUT2D eigenvalue weighted by Gasteiger charge is 2.35. The molecule has 1 amide bonds. The quantitative estimate of drug-likeness (QED) is 0.405. The van der Waals surface area contributed by atoms with Gasteiger partial charge in [-0.15, -0.1) is 5.10 Å². The molecule has 0 radical (unpaired) electrons. The SMILES string of the molecule is C[C@H]1C=Nc2ccccc2CNC[C@@H](N2CCC(c3cc(Cl)ccc3-n3cc(C(F)(F)F)nn3)=CC2=O)CCC1. The Balaban J connectivity index is 1.37. The third-order valence-electron chi connectivity index (χ3n) is 7.33. The first-order valence-corrected chi connectivity index (χ1v) is 13.7. The Bertz CT molecular complexity index is 1430. The number of aromatic nitrogens is 3. The van der Waals surface area contributed by atoms with Gasteiger partial charge in [0.1, 0.15) is 0 Å². The first-order valence-electron chi connectivity index (χ1n) is 13.3. The fraction of sp³-hybridized carbons (Fsp3) is 0.379. The van der Waals surface area contributed by atoms with Crippen molar-refractivity contribution in [3.63, 3.8) is 0 Å². The largest absolute Gasteiger partial charge is 0.436 e. The molecular weight excluding hydrogens is 541 g/mol. The monoisotopic (exact) mass is 570 g/mol. The summed E-state index contributed by atoms with van der Waals surface area (Å²) in [7, 11) is 0. The predicted molar refractivity (Wildman–Crippen MR) is 149 cm³/mol. The highest BCUT2D eigenvalue weighted by atomic mass is 35.5. The minimum atomic E-state index is -4.61. The number of benzene rings is 2. The average molecular weight is 571 g/mol. The molecule has 0 fully saturated rings. The van der Waals surface area contributed by atoms with Crippen LogP contribution in [0.2, 0.25) is 5.02 Å². The van der Waals surface area contributed by atoms with Crippen molar-refractivity contribution in [2.75, 3.05) is 13.1 Å². The lowest BCUT2D eigenvalue weighted by Gasteiger charge is -2.35. The van der Waals surface area contributed by atoms with Crippen molar-refractivity contribution in [1.82, 2.24) is 25.2 Å². The molecule has 11 heteroatoms. The van der Waals surface area contributed by atoms with Gasteiger partial charge in [-0.1, -0.05) is 48.4 Å². The van der Waals surface area contributed by atoms with Gasteiger partial charge in [-0.25, -0.2) is 4.68 Å². The summed E-state index contributed by atoms with van der Waals surface area (Å²) in [6, 6.07) is 12.9. The summed E-state index contributed by atoms with van der Waals surface area (Å²) in [5.41, 5.74) is 2.59. The number of alkyl halides is 3. The summed E-state index contributed by atoms with van der Waals surface area (Å²) >= 11 is 6.26. The van der Waals surface area contributed by atoms with E-state index in [-0.39, 0.29) is 11.9 Å². The van der Waals surface area contributed by atoms with Gasteiger partial charge in [0.2, 0.25) is 5.91 Å². The molecule has 7 nitrogen and oxygen atoms in total. The van der Waals surface area contributed by atoms with Gasteiger partial charge in [0, 0.05) is 48.6 Å². The van der Waals surface area contributed by atoms with Crippen molar-refractivity contribution in [3.05, 3.63) is 76.6 Å². The van der Waals surface area contributed by atoms with Crippen molar-refractivity contribution in [2.45, 2.75) is 51.4 Å². The van der Waals surface area contributed by atoms with Crippen molar-refractivity contribution in [2.24, 2.45) is 10.9 Å². The molecule has 0 saturated heterocycles. The summed E-state index contributed by atoms with van der Waals surface area (Å²) < 4.78 is 40.5. The van der Waals surface area contributed by atoms with Crippen LogP contribution in [0.4, 0.5) is 18.9 Å². The number of halogens is 4. The van der Waals surface area contributed by atoms with E-state index in [0.717, 1.165) is 41.4 Å². The zero-order valence-electron chi connectivity index (χ0n) is 22.0. The standard InChI is InChI=1S/C29H30ClF3N6O/c1-19-5-4-7-23(17-34-16-21-6-2-3-8-25(21)35-15-19)38-12-11-20(13-28(38)40)24-14-22(30)9-10-26(24)39-18-27(36-37-39)29(31,32)33/h2-3,6,8-10,13-15,18-19,23,34H,4-5,7,11-12,16-17H2,1H3/t19-,23+/m1/s1. The number of rotatable bonds is 3. The molecule has 0 bridgehead atoms. The number of hydrogen-bond acceptors (Lipinski definition) is 5. The Morgan fingerprint density at radius 3 is 2.73 bits per heavy atom. The number of carbonyl (C=O) groups is 1. The lowest BCUT2D eigenvalue weighted by Crippen LogP contribution is -2.47. The van der Waals surface area contributed by atoms with Gasteiger partial charge >= 0.3 is 6.18 Å². The number of fused-ring (bicyclic) bond motifs is 1. The number of hydrogen-bond donors (Lipinski definition) is 1. The summed E-state index contributed by atoms with van der Waals surface area (Å²) in [6.07, 6.45) is 3.10. The van der Waals surface area contributed by atoms with Crippen molar-refractivity contribution < 1.29 is 18.0 Å². The van der Waals surface area contributed by atoms with E-state index in [1.54, 1.807) is 24.3 Å². The average Bonchev–Trinajstić information content (AvgIpc) is 3.42. The van der Waals surface area contributed by atoms with E-state index >= 15 is 0 Å². The molecule has 0 spiro atoms. The molecule has 1 N–H and O–H groups in total. The number of nitrogens with one attached hydrogen (secondary N) is 1. The minimum absolute atomic E-state index is 0.00418. The molecule has 210 valence electrons. The van der Waals surface area contributed by atoms with Crippen molar-refractivity contribution in [3.8, 4) is 5.69 Å². The number of aliphatic imine (C=N–C) groups is 1. The molecule has 1 aromatic heterocycles. The Kier molecular flexibility index (Phi) is 8.37. The molecule has 0 aliphatic carbocycles. The lowest BCUT2D eigenvalue weighted by molar-refractivity contribution is -0.141. The lowest BCUT2D eigenvalue weighted by atomic mass is 9.95. The van der Waals surface area contributed by atoms with Gasteiger partial charge in [-0.3, -0.25) is 9.79 Å². The van der Waals surface area contributed by atoms with Gasteiger partial charge in [-0.05, 0) is 60.6 Å². The first kappa shape index (κ1) is 28.0. The smallest absolute Gasteiger partial charge is 0.335 e. The second-order valence-electron chi connectivity index (χ2n) is 10.3. The molecule has 2 aliphatic rings. The first-order chi connectivity index (χ1) is 19.2. The molecule has 2 aromatic carbocycles. The topological polar surface area (TPSA) is 75.4 Å². The highest BCUT2D eigenvalue weighted by Crippen LogP contribution is 2.33. The normalized spacial score (nSPS) is 20.9. The zero-order valence-corrected chi connectivity index (χ0v) is 22.8. The van der Waals surface area contributed by atoms with E-state index < -0.39 is 11.9 Å². The molecule has 0 unspecified atom stereocenters. The maximum absolute atomic E-state index is 13.5. The second kappa shape index (κ2) is 11.9. The van der Waals surface area contributed by atoms with Gasteiger partial charge in [0.05, 0.1) is 17.6 Å². The van der Waals surface area contributed by atoms with E-state index in [9.17, 15) is 18.0 Å². The van der Waals surface area contributed by atoms with Crippen LogP contribution in [0.3, 0.4) is 0 Å². The molecule has 5 rings (SSSR count). The molecule has 2 aliphatic heterocycles. The van der Waals surface area contributed by atoms with Gasteiger partial charge in [-0.2, -0.15) is 13.2 Å². The van der Waals surface area contributed by atoms with E-state index in [4.69, 9.17) is 16.6 Å². The molecule has 3 aromatic rings. The maximum atomic E-state index is 13.5. The van der Waals surface area contributed by atoms with Gasteiger partial charge in [0.15, 0.2) is 5.69 Å². The van der Waals surface area contributed by atoms with Crippen LogP contribution in [0, 0.1) is 5.92 Å². The molecule has 3 heterocycles. The van der Waals surface area contributed by atoms with E-state index in [1.807, 2.05) is 29.3 Å². The highest BCUT2D eigenvalue weighted by molar-refractivity contribution is 6.30. The Morgan fingerprint density at radius 1 is 1.12 bits per heavy atom. The Morgan fingerprint density at radius 2 is 1.95 bits per heavy atom. The second-order valence-corrected chi connectivity index (χ2v) is 10.7. The Labute approximate surface area is 235 Å². The number of carbonyl (C=O) groups excluding carboxylic acids is 1. The summed E-state index contributed by atoms with van der Waals surface area (Å²) in [6.45, 7) is 3.93. The molecule has 2 atom stereocenters. The van der Waals surface area contributed by atoms with Crippen molar-refractivity contribution >= 4 is 35.0 Å².